The molecule has 0 aromatic carbocycles. The number of nitrogens with zero attached hydrogens (tertiary/aromatic N) is 6. The van der Waals surface area contributed by atoms with E-state index in [1.165, 1.54) is 9.80 Å². The number of aromatic nitrogens is 2. The van der Waals surface area contributed by atoms with Gasteiger partial charge in [0.25, 0.3) is 11.8 Å². The maximum Gasteiger partial charge on any atom is 0.280 e. The van der Waals surface area contributed by atoms with Crippen molar-refractivity contribution in [1.82, 2.24) is 9.97 Å². The fourth-order valence-corrected chi connectivity index (χ4v) is 2.94. The highest BCUT2D eigenvalue weighted by Gasteiger charge is 2.36. The first kappa shape index (κ1) is 15.1. The van der Waals surface area contributed by atoms with Gasteiger partial charge in [0.15, 0.2) is 11.4 Å². The number of rotatable bonds is 2. The minimum Gasteiger partial charge on any atom is -0.294 e. The van der Waals surface area contributed by atoms with Gasteiger partial charge in [0.05, 0.1) is 11.1 Å². The Kier molecular flexibility index (Phi) is 3.38. The quantitative estimate of drug-likeness (QED) is 0.767. The lowest BCUT2D eigenvalue weighted by Crippen LogP contribution is -2.30. The van der Waals surface area contributed by atoms with E-state index < -0.39 is 0 Å². The summed E-state index contributed by atoms with van der Waals surface area (Å²) in [6, 6.07) is 6.99. The molecule has 0 saturated carbocycles. The molecule has 0 spiro atoms. The molecular weight excluding hydrogens is 320 g/mol. The predicted octanol–water partition coefficient (Wildman–Crippen LogP) is 1.01. The SMILES string of the molecule is CCN1C(=O)/C(=N\N=C2/C(=O)N(C)c3ncccc32)c2cccnc21. The maximum absolute atomic E-state index is 12.6. The molecule has 2 aliphatic heterocycles. The molecule has 8 nitrogen and oxygen atoms in total. The van der Waals surface area contributed by atoms with E-state index in [1.807, 2.05) is 6.92 Å². The first-order chi connectivity index (χ1) is 12.1. The van der Waals surface area contributed by atoms with Crippen molar-refractivity contribution in [2.75, 3.05) is 23.4 Å². The van der Waals surface area contributed by atoms with Crippen LogP contribution >= 0.6 is 0 Å². The van der Waals surface area contributed by atoms with E-state index in [4.69, 9.17) is 0 Å². The second-order valence-corrected chi connectivity index (χ2v) is 5.56. The number of pyridine rings is 2. The van der Waals surface area contributed by atoms with Gasteiger partial charge in [-0.05, 0) is 31.2 Å². The normalized spacial score (nSPS) is 19.1. The van der Waals surface area contributed by atoms with E-state index in [9.17, 15) is 9.59 Å². The van der Waals surface area contributed by atoms with Crippen LogP contribution in [0.25, 0.3) is 0 Å². The molecule has 2 aromatic heterocycles. The zero-order chi connectivity index (χ0) is 17.6. The van der Waals surface area contributed by atoms with Gasteiger partial charge in [0.2, 0.25) is 0 Å². The summed E-state index contributed by atoms with van der Waals surface area (Å²) in [5, 5.41) is 8.20. The van der Waals surface area contributed by atoms with Gasteiger partial charge in [-0.1, -0.05) is 0 Å². The van der Waals surface area contributed by atoms with Crippen LogP contribution in [0.3, 0.4) is 0 Å². The van der Waals surface area contributed by atoms with E-state index in [-0.39, 0.29) is 23.2 Å². The van der Waals surface area contributed by atoms with Gasteiger partial charge in [-0.15, -0.1) is 10.2 Å². The highest BCUT2D eigenvalue weighted by Crippen LogP contribution is 2.28. The van der Waals surface area contributed by atoms with Crippen LogP contribution in [0.5, 0.6) is 0 Å². The van der Waals surface area contributed by atoms with Gasteiger partial charge >= 0.3 is 0 Å². The molecule has 8 heteroatoms. The van der Waals surface area contributed by atoms with Crippen LogP contribution in [0.4, 0.5) is 11.6 Å². The molecule has 0 atom stereocenters. The Morgan fingerprint density at radius 2 is 1.48 bits per heavy atom. The number of hydrogen-bond donors (Lipinski definition) is 0. The molecule has 4 rings (SSSR count). The second-order valence-electron chi connectivity index (χ2n) is 5.56. The van der Waals surface area contributed by atoms with Crippen molar-refractivity contribution >= 4 is 34.9 Å². The molecule has 0 fully saturated rings. The van der Waals surface area contributed by atoms with Crippen molar-refractivity contribution in [2.45, 2.75) is 6.92 Å². The van der Waals surface area contributed by atoms with E-state index in [0.717, 1.165) is 0 Å². The third-order valence-corrected chi connectivity index (χ3v) is 4.18. The zero-order valence-corrected chi connectivity index (χ0v) is 13.7. The van der Waals surface area contributed by atoms with Crippen LogP contribution in [0.15, 0.2) is 46.9 Å². The van der Waals surface area contributed by atoms with Crippen molar-refractivity contribution in [2.24, 2.45) is 10.2 Å². The molecule has 2 amide bonds. The Morgan fingerprint density at radius 1 is 0.920 bits per heavy atom. The zero-order valence-electron chi connectivity index (χ0n) is 13.7. The Hall–Kier alpha value is -3.42. The highest BCUT2D eigenvalue weighted by atomic mass is 16.2. The summed E-state index contributed by atoms with van der Waals surface area (Å²) in [5.74, 6) is 0.514. The van der Waals surface area contributed by atoms with Crippen LogP contribution in [0.2, 0.25) is 0 Å². The third-order valence-electron chi connectivity index (χ3n) is 4.18. The minimum atomic E-state index is -0.303. The minimum absolute atomic E-state index is 0.172. The summed E-state index contributed by atoms with van der Waals surface area (Å²) in [4.78, 5) is 36.3. The number of amides is 2. The number of anilines is 2. The van der Waals surface area contributed by atoms with Crippen LogP contribution in [-0.4, -0.2) is 46.8 Å². The second kappa shape index (κ2) is 5.59. The third kappa shape index (κ3) is 2.14. The van der Waals surface area contributed by atoms with E-state index in [2.05, 4.69) is 20.2 Å². The average molecular weight is 334 g/mol. The molecule has 0 radical (unpaired) electrons. The summed E-state index contributed by atoms with van der Waals surface area (Å²) in [6.45, 7) is 2.34. The largest absolute Gasteiger partial charge is 0.294 e. The first-order valence-corrected chi connectivity index (χ1v) is 7.79. The van der Waals surface area contributed by atoms with Gasteiger partial charge in [0, 0.05) is 26.0 Å². The molecule has 25 heavy (non-hydrogen) atoms. The first-order valence-electron chi connectivity index (χ1n) is 7.79. The summed E-state index contributed by atoms with van der Waals surface area (Å²) in [6.07, 6.45) is 3.24. The number of hydrogen-bond acceptors (Lipinski definition) is 6. The van der Waals surface area contributed by atoms with Crippen LogP contribution in [-0.2, 0) is 9.59 Å². The van der Waals surface area contributed by atoms with Crippen molar-refractivity contribution in [3.8, 4) is 0 Å². The molecule has 2 aromatic rings. The number of carbonyl (C=O) groups is 2. The Morgan fingerprint density at radius 3 is 2.12 bits per heavy atom. The van der Waals surface area contributed by atoms with Crippen molar-refractivity contribution in [3.05, 3.63) is 47.8 Å². The fraction of sp³-hybridized carbons (Fsp3) is 0.176. The number of carbonyl (C=O) groups excluding carboxylic acids is 2. The fourth-order valence-electron chi connectivity index (χ4n) is 2.94. The molecular formula is C17H14N6O2. The molecule has 0 saturated heterocycles. The summed E-state index contributed by atoms with van der Waals surface area (Å²) >= 11 is 0. The van der Waals surface area contributed by atoms with Crippen molar-refractivity contribution in [1.29, 1.82) is 0 Å². The molecule has 0 bridgehead atoms. The standard InChI is InChI=1S/C17H14N6O2/c1-3-23-15-11(7-5-9-19-15)13(17(23)25)21-20-12-10-6-4-8-18-14(10)22(2)16(12)24/h4-9H,3H2,1-2H3/b20-12-,21-13-. The average Bonchev–Trinajstić information content (AvgIpc) is 3.05. The Labute approximate surface area is 143 Å². The monoisotopic (exact) mass is 334 g/mol. The molecule has 0 N–H and O–H groups in total. The maximum atomic E-state index is 12.6. The molecule has 2 aliphatic rings. The summed E-state index contributed by atoms with van der Waals surface area (Å²) in [5.41, 5.74) is 1.57. The van der Waals surface area contributed by atoms with Crippen molar-refractivity contribution < 1.29 is 9.59 Å². The van der Waals surface area contributed by atoms with Crippen molar-refractivity contribution in [3.63, 3.8) is 0 Å². The lowest BCUT2D eigenvalue weighted by molar-refractivity contribution is -0.113. The van der Waals surface area contributed by atoms with Gasteiger partial charge in [0.1, 0.15) is 11.6 Å². The number of likely N-dealkylation sites (N-methyl/N-ethyl adjacent to an activating group) is 2. The van der Waals surface area contributed by atoms with E-state index >= 15 is 0 Å². The van der Waals surface area contributed by atoms with Gasteiger partial charge in [-0.2, -0.15) is 0 Å². The lowest BCUT2D eigenvalue weighted by Gasteiger charge is -2.11. The van der Waals surface area contributed by atoms with E-state index in [1.54, 1.807) is 43.7 Å². The predicted molar refractivity (Wildman–Crippen MR) is 93.0 cm³/mol. The van der Waals surface area contributed by atoms with Crippen LogP contribution < -0.4 is 9.80 Å². The molecule has 4 heterocycles. The Balaban J connectivity index is 1.81. The van der Waals surface area contributed by atoms with Gasteiger partial charge in [-0.25, -0.2) is 9.97 Å². The molecule has 124 valence electrons. The Bertz CT molecular complexity index is 965. The lowest BCUT2D eigenvalue weighted by atomic mass is 10.2. The molecule has 0 aliphatic carbocycles. The van der Waals surface area contributed by atoms with Crippen LogP contribution in [0.1, 0.15) is 18.1 Å². The van der Waals surface area contributed by atoms with Gasteiger partial charge in [-0.3, -0.25) is 19.4 Å². The topological polar surface area (TPSA) is 91.1 Å². The number of fused-ring (bicyclic) bond motifs is 2. The summed E-state index contributed by atoms with van der Waals surface area (Å²) in [7, 11) is 1.63. The smallest absolute Gasteiger partial charge is 0.280 e. The van der Waals surface area contributed by atoms with Gasteiger partial charge < -0.3 is 0 Å². The highest BCUT2D eigenvalue weighted by molar-refractivity contribution is 6.55. The van der Waals surface area contributed by atoms with Crippen LogP contribution in [0, 0.1) is 0 Å². The summed E-state index contributed by atoms with van der Waals surface area (Å²) < 4.78 is 0. The molecule has 0 unspecified atom stereocenters. The van der Waals surface area contributed by atoms with E-state index in [0.29, 0.717) is 29.3 Å².